The van der Waals surface area contributed by atoms with E-state index in [9.17, 15) is 21.6 Å². The molecule has 0 spiro atoms. The molecule has 140 valence electrons. The van der Waals surface area contributed by atoms with E-state index in [1.165, 1.54) is 29.2 Å². The molecule has 3 rings (SSSR count). The maximum Gasteiger partial charge on any atom is 0.423 e. The van der Waals surface area contributed by atoms with E-state index < -0.39 is 26.5 Å². The van der Waals surface area contributed by atoms with Crippen LogP contribution in [-0.4, -0.2) is 31.9 Å². The Morgan fingerprint density at radius 2 is 1.69 bits per heavy atom. The zero-order valence-electron chi connectivity index (χ0n) is 13.6. The molecule has 0 radical (unpaired) electrons. The van der Waals surface area contributed by atoms with Crippen LogP contribution in [-0.2, 0) is 10.0 Å². The normalized spacial score (nSPS) is 21.4. The van der Waals surface area contributed by atoms with Crippen LogP contribution < -0.4 is 10.0 Å². The van der Waals surface area contributed by atoms with E-state index in [-0.39, 0.29) is 10.8 Å². The van der Waals surface area contributed by atoms with Gasteiger partial charge >= 0.3 is 6.18 Å². The van der Waals surface area contributed by atoms with E-state index in [0.717, 1.165) is 18.0 Å². The van der Waals surface area contributed by atoms with Crippen molar-refractivity contribution in [1.82, 2.24) is 4.90 Å². The van der Waals surface area contributed by atoms with Crippen molar-refractivity contribution in [2.75, 3.05) is 11.9 Å². The minimum atomic E-state index is -4.45. The van der Waals surface area contributed by atoms with Gasteiger partial charge in [0, 0.05) is 24.9 Å². The van der Waals surface area contributed by atoms with Crippen LogP contribution in [0.5, 0.6) is 0 Å². The number of alkyl halides is 3. The molecule has 0 bridgehead atoms. The number of hydrogen-bond donors (Lipinski definition) is 1. The molecule has 1 unspecified atom stereocenters. The maximum absolute atomic E-state index is 13.2. The number of primary sulfonamides is 1. The summed E-state index contributed by atoms with van der Waals surface area (Å²) in [5, 5.41) is 4.53. The lowest BCUT2D eigenvalue weighted by atomic mass is 10.1. The van der Waals surface area contributed by atoms with Gasteiger partial charge in [-0.2, -0.15) is 13.2 Å². The van der Waals surface area contributed by atoms with Crippen LogP contribution >= 0.6 is 11.8 Å². The zero-order chi connectivity index (χ0) is 19.1. The third-order valence-corrected chi connectivity index (χ3v) is 6.24. The summed E-state index contributed by atoms with van der Waals surface area (Å²) < 4.78 is 62.4. The smallest absolute Gasteiger partial charge is 0.358 e. The van der Waals surface area contributed by atoms with Gasteiger partial charge in [-0.3, -0.25) is 0 Å². The summed E-state index contributed by atoms with van der Waals surface area (Å²) in [6, 6.07) is 5.47. The Kier molecular flexibility index (Phi) is 4.84. The molecule has 0 saturated heterocycles. The second-order valence-electron chi connectivity index (χ2n) is 5.87. The van der Waals surface area contributed by atoms with Crippen LogP contribution in [0.25, 0.3) is 0 Å². The number of sulfonamides is 1. The van der Waals surface area contributed by atoms with Crippen molar-refractivity contribution >= 4 is 27.5 Å². The first-order valence-electron chi connectivity index (χ1n) is 7.51. The maximum atomic E-state index is 13.2. The van der Waals surface area contributed by atoms with Crippen molar-refractivity contribution in [2.24, 2.45) is 11.1 Å². The van der Waals surface area contributed by atoms with E-state index in [1.807, 2.05) is 19.2 Å². The van der Waals surface area contributed by atoms with Crippen LogP contribution in [0, 0.1) is 5.92 Å². The van der Waals surface area contributed by atoms with Gasteiger partial charge in [0.1, 0.15) is 4.91 Å². The fraction of sp³-hybridized carbons (Fsp3) is 0.250. The highest BCUT2D eigenvalue weighted by Crippen LogP contribution is 2.47. The Morgan fingerprint density at radius 3 is 2.19 bits per heavy atom. The van der Waals surface area contributed by atoms with Gasteiger partial charge in [-0.1, -0.05) is 23.9 Å². The van der Waals surface area contributed by atoms with Crippen molar-refractivity contribution in [1.29, 1.82) is 0 Å². The van der Waals surface area contributed by atoms with Gasteiger partial charge in [-0.15, -0.1) is 0 Å². The summed E-state index contributed by atoms with van der Waals surface area (Å²) in [6.07, 6.45) is 3.85. The minimum absolute atomic E-state index is 0.0937. The number of thioether (sulfide) groups is 1. The number of nitrogens with two attached hydrogens (primary N) is 1. The summed E-state index contributed by atoms with van der Waals surface area (Å²) >= 11 is 0.736. The van der Waals surface area contributed by atoms with Crippen molar-refractivity contribution in [3.63, 3.8) is 0 Å². The number of nitrogens with zero attached hydrogens (tertiary/aromatic N) is 2. The molecule has 1 aromatic rings. The van der Waals surface area contributed by atoms with E-state index in [4.69, 9.17) is 5.14 Å². The molecule has 0 amide bonds. The number of rotatable bonds is 3. The van der Waals surface area contributed by atoms with Gasteiger partial charge in [0.05, 0.1) is 10.3 Å². The van der Waals surface area contributed by atoms with Crippen LogP contribution in [0.1, 0.15) is 0 Å². The van der Waals surface area contributed by atoms with Gasteiger partial charge in [-0.05, 0) is 36.7 Å². The van der Waals surface area contributed by atoms with Crippen molar-refractivity contribution in [2.45, 2.75) is 16.4 Å². The lowest BCUT2D eigenvalue weighted by Crippen LogP contribution is -2.31. The molecule has 1 aromatic carbocycles. The molecule has 10 heteroatoms. The van der Waals surface area contributed by atoms with Crippen molar-refractivity contribution in [3.05, 3.63) is 59.9 Å². The zero-order valence-corrected chi connectivity index (χ0v) is 15.2. The number of halogens is 3. The van der Waals surface area contributed by atoms with Gasteiger partial charge in [0.15, 0.2) is 0 Å². The van der Waals surface area contributed by atoms with Crippen molar-refractivity contribution < 1.29 is 21.6 Å². The van der Waals surface area contributed by atoms with Crippen LogP contribution in [0.4, 0.5) is 18.9 Å². The minimum Gasteiger partial charge on any atom is -0.358 e. The molecule has 2 aliphatic rings. The molecule has 2 N–H and O–H groups in total. The molecule has 0 saturated carbocycles. The number of allylic oxidation sites excluding steroid dienone is 1. The average molecular weight is 403 g/mol. The van der Waals surface area contributed by atoms with Crippen molar-refractivity contribution in [3.8, 4) is 0 Å². The highest BCUT2D eigenvalue weighted by atomic mass is 32.2. The molecule has 26 heavy (non-hydrogen) atoms. The monoisotopic (exact) mass is 403 g/mol. The summed E-state index contributed by atoms with van der Waals surface area (Å²) in [5.41, 5.74) is 0.454. The van der Waals surface area contributed by atoms with Crippen LogP contribution in [0.2, 0.25) is 0 Å². The third-order valence-electron chi connectivity index (χ3n) is 3.94. The van der Waals surface area contributed by atoms with E-state index in [0.29, 0.717) is 5.69 Å². The standard InChI is InChI=1S/C16H16F3N3O2S2/c1-21-8-6-11(7-9-21)15-22(10-14(25-15)16(17,18)19)12-2-4-13(5-3-12)26(20,23)24/h2-11,15H,1H3,(H2,20,23,24). The fourth-order valence-electron chi connectivity index (χ4n) is 2.62. The van der Waals surface area contributed by atoms with E-state index in [1.54, 1.807) is 17.3 Å². The Balaban J connectivity index is 1.95. The molecule has 0 fully saturated rings. The van der Waals surface area contributed by atoms with Crippen LogP contribution in [0.3, 0.4) is 0 Å². The Labute approximate surface area is 153 Å². The predicted molar refractivity (Wildman–Crippen MR) is 95.3 cm³/mol. The Bertz CT molecular complexity index is 863. The number of benzene rings is 1. The Hall–Kier alpha value is -1.91. The van der Waals surface area contributed by atoms with Gasteiger partial charge in [0.25, 0.3) is 0 Å². The molecule has 2 heterocycles. The van der Waals surface area contributed by atoms with Gasteiger partial charge < -0.3 is 9.80 Å². The number of anilines is 1. The molecule has 5 nitrogen and oxygen atoms in total. The lowest BCUT2D eigenvalue weighted by molar-refractivity contribution is -0.0835. The van der Waals surface area contributed by atoms with E-state index in [2.05, 4.69) is 0 Å². The molecule has 0 aliphatic carbocycles. The first-order chi connectivity index (χ1) is 12.1. The lowest BCUT2D eigenvalue weighted by Gasteiger charge is -2.30. The van der Waals surface area contributed by atoms with Crippen LogP contribution in [0.15, 0.2) is 64.8 Å². The highest BCUT2D eigenvalue weighted by Gasteiger charge is 2.43. The van der Waals surface area contributed by atoms with Gasteiger partial charge in [-0.25, -0.2) is 13.6 Å². The fourth-order valence-corrected chi connectivity index (χ4v) is 4.34. The largest absolute Gasteiger partial charge is 0.423 e. The summed E-state index contributed by atoms with van der Waals surface area (Å²) in [7, 11) is -2.04. The summed E-state index contributed by atoms with van der Waals surface area (Å²) in [6.45, 7) is 0. The summed E-state index contributed by atoms with van der Waals surface area (Å²) in [5.74, 6) is -0.245. The third kappa shape index (κ3) is 3.92. The molecule has 1 atom stereocenters. The predicted octanol–water partition coefficient (Wildman–Crippen LogP) is 3.21. The molecular formula is C16H16F3N3O2S2. The molecular weight excluding hydrogens is 387 g/mol. The first-order valence-corrected chi connectivity index (χ1v) is 9.94. The highest BCUT2D eigenvalue weighted by molar-refractivity contribution is 8.04. The second kappa shape index (κ2) is 6.67. The summed E-state index contributed by atoms with van der Waals surface area (Å²) in [4.78, 5) is 2.52. The second-order valence-corrected chi connectivity index (χ2v) is 8.59. The topological polar surface area (TPSA) is 66.6 Å². The molecule has 2 aliphatic heterocycles. The average Bonchev–Trinajstić information content (AvgIpc) is 3.00. The van der Waals surface area contributed by atoms with Gasteiger partial charge in [0.2, 0.25) is 10.0 Å². The molecule has 0 aromatic heterocycles. The first kappa shape index (κ1) is 18.9. The van der Waals surface area contributed by atoms with E-state index >= 15 is 0 Å². The quantitative estimate of drug-likeness (QED) is 0.840. The number of hydrogen-bond acceptors (Lipinski definition) is 5. The SMILES string of the molecule is CN1C=CC(C2SC(C(F)(F)F)=CN2c2ccc(S(N)(=O)=O)cc2)C=C1. The Morgan fingerprint density at radius 1 is 1.12 bits per heavy atom.